The molecule has 0 aliphatic heterocycles. The molecule has 3 heteroatoms. The van der Waals surface area contributed by atoms with Crippen LogP contribution in [0.5, 0.6) is 0 Å². The molecule has 6 rings (SSSR count). The molecule has 0 bridgehead atoms. The monoisotopic (exact) mass is 579 g/mol. The topological polar surface area (TPSA) is 37.1 Å². The maximum absolute atomic E-state index is 4.74. The summed E-state index contributed by atoms with van der Waals surface area (Å²) < 4.78 is 0. The molecule has 0 saturated carbocycles. The molecule has 0 unspecified atom stereocenters. The lowest BCUT2D eigenvalue weighted by Crippen LogP contribution is -2.04. The molecule has 0 aliphatic rings. The van der Waals surface area contributed by atoms with Crippen molar-refractivity contribution >= 4 is 29.5 Å². The van der Waals surface area contributed by atoms with Crippen LogP contribution in [0.2, 0.25) is 0 Å². The minimum atomic E-state index is 0.542. The third kappa shape index (κ3) is 6.69. The molecular formula is C42H33N3. The van der Waals surface area contributed by atoms with Gasteiger partial charge in [-0.15, -0.1) is 0 Å². The molecule has 0 fully saturated rings. The van der Waals surface area contributed by atoms with Crippen LogP contribution in [0.25, 0.3) is 22.3 Å². The van der Waals surface area contributed by atoms with E-state index in [0.29, 0.717) is 11.7 Å². The number of aliphatic imine (C=N–C) groups is 3. The second kappa shape index (κ2) is 14.0. The standard InChI is InChI=1S/C42H33N3/c1-43-41(35-22-13-6-14-23-35)45-42(44-2)36-28-26-31(27-29-36)37-24-15-25-38(30-37)40(34-20-11-5-12-21-34)39(32-16-7-3-8-17-32)33-18-9-4-10-19-33/h3-30H,1H2,2H3/b44-42-,45-41-. The highest BCUT2D eigenvalue weighted by molar-refractivity contribution is 6.12. The van der Waals surface area contributed by atoms with Gasteiger partial charge in [-0.05, 0) is 57.3 Å². The van der Waals surface area contributed by atoms with Gasteiger partial charge >= 0.3 is 0 Å². The van der Waals surface area contributed by atoms with E-state index >= 15 is 0 Å². The first-order valence-electron chi connectivity index (χ1n) is 14.9. The van der Waals surface area contributed by atoms with E-state index < -0.39 is 0 Å². The first-order valence-corrected chi connectivity index (χ1v) is 14.9. The predicted octanol–water partition coefficient (Wildman–Crippen LogP) is 9.88. The van der Waals surface area contributed by atoms with Crippen molar-refractivity contribution in [2.45, 2.75) is 0 Å². The predicted molar refractivity (Wildman–Crippen MR) is 191 cm³/mol. The van der Waals surface area contributed by atoms with Crippen molar-refractivity contribution in [1.82, 2.24) is 0 Å². The van der Waals surface area contributed by atoms with Crippen LogP contribution in [0.15, 0.2) is 185 Å². The molecule has 6 aromatic rings. The van der Waals surface area contributed by atoms with Gasteiger partial charge in [0.1, 0.15) is 0 Å². The number of amidine groups is 2. The quantitative estimate of drug-likeness (QED) is 0.103. The van der Waals surface area contributed by atoms with Crippen LogP contribution in [0.1, 0.15) is 33.4 Å². The van der Waals surface area contributed by atoms with Crippen LogP contribution in [-0.4, -0.2) is 25.4 Å². The summed E-state index contributed by atoms with van der Waals surface area (Å²) in [7, 11) is 1.75. The number of nitrogens with zero attached hydrogens (tertiary/aromatic N) is 3. The summed E-state index contributed by atoms with van der Waals surface area (Å²) in [4.78, 5) is 13.4. The van der Waals surface area contributed by atoms with Crippen LogP contribution in [-0.2, 0) is 0 Å². The van der Waals surface area contributed by atoms with E-state index in [2.05, 4.69) is 156 Å². The van der Waals surface area contributed by atoms with Gasteiger partial charge in [0.15, 0.2) is 11.7 Å². The Morgan fingerprint density at radius 1 is 0.400 bits per heavy atom. The summed E-state index contributed by atoms with van der Waals surface area (Å²) in [6.07, 6.45) is 0. The molecule has 0 atom stereocenters. The first kappa shape index (κ1) is 29.2. The van der Waals surface area contributed by atoms with Crippen LogP contribution in [0, 0.1) is 0 Å². The molecular weight excluding hydrogens is 546 g/mol. The lowest BCUT2D eigenvalue weighted by molar-refractivity contribution is 1.37. The molecule has 0 aromatic heterocycles. The van der Waals surface area contributed by atoms with Crippen molar-refractivity contribution in [2.75, 3.05) is 7.05 Å². The molecule has 0 aliphatic carbocycles. The lowest BCUT2D eigenvalue weighted by Gasteiger charge is -2.19. The van der Waals surface area contributed by atoms with Crippen LogP contribution >= 0.6 is 0 Å². The normalized spacial score (nSPS) is 11.6. The molecule has 0 N–H and O–H groups in total. The highest BCUT2D eigenvalue weighted by Crippen LogP contribution is 2.38. The third-order valence-corrected chi connectivity index (χ3v) is 7.67. The molecule has 0 radical (unpaired) electrons. The van der Waals surface area contributed by atoms with Crippen molar-refractivity contribution in [3.05, 3.63) is 203 Å². The van der Waals surface area contributed by atoms with E-state index in [1.54, 1.807) is 7.05 Å². The molecule has 6 aromatic carbocycles. The molecule has 45 heavy (non-hydrogen) atoms. The van der Waals surface area contributed by atoms with E-state index in [1.165, 1.54) is 27.8 Å². The first-order chi connectivity index (χ1) is 22.2. The zero-order valence-electron chi connectivity index (χ0n) is 25.2. The van der Waals surface area contributed by atoms with Crippen LogP contribution in [0.3, 0.4) is 0 Å². The van der Waals surface area contributed by atoms with Gasteiger partial charge in [-0.2, -0.15) is 0 Å². The maximum atomic E-state index is 4.74. The van der Waals surface area contributed by atoms with Crippen molar-refractivity contribution in [1.29, 1.82) is 0 Å². The van der Waals surface area contributed by atoms with Crippen molar-refractivity contribution in [3.8, 4) is 11.1 Å². The molecule has 3 nitrogen and oxygen atoms in total. The van der Waals surface area contributed by atoms with Gasteiger partial charge in [-0.3, -0.25) is 4.99 Å². The average molecular weight is 580 g/mol. The van der Waals surface area contributed by atoms with Gasteiger partial charge in [0.25, 0.3) is 0 Å². The number of rotatable bonds is 7. The van der Waals surface area contributed by atoms with Crippen LogP contribution < -0.4 is 0 Å². The second-order valence-corrected chi connectivity index (χ2v) is 10.5. The largest absolute Gasteiger partial charge is 0.270 e. The van der Waals surface area contributed by atoms with Crippen molar-refractivity contribution < 1.29 is 0 Å². The third-order valence-electron chi connectivity index (χ3n) is 7.67. The molecule has 0 amide bonds. The van der Waals surface area contributed by atoms with Crippen molar-refractivity contribution in [3.63, 3.8) is 0 Å². The SMILES string of the molecule is C=N/C(=N\C(=N/C)c1ccc(-c2cccc(C(=C(c3ccccc3)c3ccccc3)c3ccccc3)c2)cc1)c1ccccc1. The lowest BCUT2D eigenvalue weighted by atomic mass is 9.85. The van der Waals surface area contributed by atoms with E-state index in [1.807, 2.05) is 30.3 Å². The summed E-state index contributed by atoms with van der Waals surface area (Å²) in [6.45, 7) is 3.73. The zero-order valence-corrected chi connectivity index (χ0v) is 25.2. The smallest absolute Gasteiger partial charge is 0.161 e. The van der Waals surface area contributed by atoms with Crippen molar-refractivity contribution in [2.24, 2.45) is 15.0 Å². The Balaban J connectivity index is 1.43. The van der Waals surface area contributed by atoms with Crippen LogP contribution in [0.4, 0.5) is 0 Å². The Morgan fingerprint density at radius 3 is 1.29 bits per heavy atom. The van der Waals surface area contributed by atoms with Gasteiger partial charge in [0, 0.05) is 18.2 Å². The second-order valence-electron chi connectivity index (χ2n) is 10.5. The van der Waals surface area contributed by atoms with Gasteiger partial charge < -0.3 is 0 Å². The minimum Gasteiger partial charge on any atom is -0.270 e. The number of hydrogen-bond acceptors (Lipinski definition) is 1. The molecule has 0 spiro atoms. The zero-order chi connectivity index (χ0) is 30.8. The molecule has 0 saturated heterocycles. The number of benzene rings is 6. The fourth-order valence-corrected chi connectivity index (χ4v) is 5.51. The van der Waals surface area contributed by atoms with Gasteiger partial charge in [-0.1, -0.05) is 164 Å². The van der Waals surface area contributed by atoms with Gasteiger partial charge in [0.2, 0.25) is 0 Å². The van der Waals surface area contributed by atoms with E-state index in [4.69, 9.17) is 4.99 Å². The summed E-state index contributed by atoms with van der Waals surface area (Å²) in [5, 5.41) is 0. The Labute approximate surface area is 265 Å². The highest BCUT2D eigenvalue weighted by Gasteiger charge is 2.17. The van der Waals surface area contributed by atoms with Gasteiger partial charge in [-0.25, -0.2) is 9.98 Å². The summed E-state index contributed by atoms with van der Waals surface area (Å²) >= 11 is 0. The summed E-state index contributed by atoms with van der Waals surface area (Å²) in [6, 6.07) is 58.9. The fraction of sp³-hybridized carbons (Fsp3) is 0.0238. The Bertz CT molecular complexity index is 1930. The maximum Gasteiger partial charge on any atom is 0.161 e. The Kier molecular flexibility index (Phi) is 9.09. The summed E-state index contributed by atoms with van der Waals surface area (Å²) in [5.41, 5.74) is 11.1. The number of hydrogen-bond donors (Lipinski definition) is 0. The Morgan fingerprint density at radius 2 is 0.822 bits per heavy atom. The highest BCUT2D eigenvalue weighted by atomic mass is 15.0. The van der Waals surface area contributed by atoms with E-state index in [-0.39, 0.29) is 0 Å². The van der Waals surface area contributed by atoms with E-state index in [0.717, 1.165) is 27.8 Å². The minimum absolute atomic E-state index is 0.542. The van der Waals surface area contributed by atoms with Gasteiger partial charge in [0.05, 0.1) is 0 Å². The van der Waals surface area contributed by atoms with E-state index in [9.17, 15) is 0 Å². The molecule has 216 valence electrons. The molecule has 0 heterocycles. The average Bonchev–Trinajstić information content (AvgIpc) is 3.13. The summed E-state index contributed by atoms with van der Waals surface area (Å²) in [5.74, 6) is 1.15. The fourth-order valence-electron chi connectivity index (χ4n) is 5.51. The Hall–Kier alpha value is -5.93.